The second kappa shape index (κ2) is 6.35. The molecule has 0 radical (unpaired) electrons. The number of aromatic nitrogens is 2. The molecule has 0 amide bonds. The van der Waals surface area contributed by atoms with Gasteiger partial charge in [-0.25, -0.2) is 9.36 Å². The molecule has 4 nitrogen and oxygen atoms in total. The molecule has 2 aromatic rings. The lowest BCUT2D eigenvalue weighted by molar-refractivity contribution is -0.674. The third kappa shape index (κ3) is 2.75. The van der Waals surface area contributed by atoms with Gasteiger partial charge in [-0.05, 0) is 6.07 Å². The first kappa shape index (κ1) is 15.4. The van der Waals surface area contributed by atoms with Gasteiger partial charge in [-0.3, -0.25) is 0 Å². The van der Waals surface area contributed by atoms with Crippen LogP contribution in [0.25, 0.3) is 5.65 Å². The average molecular weight is 332 g/mol. The van der Waals surface area contributed by atoms with Crippen molar-refractivity contribution in [3.05, 3.63) is 46.5 Å². The second-order valence-corrected chi connectivity index (χ2v) is 8.71. The van der Waals surface area contributed by atoms with Crippen LogP contribution in [0.15, 0.2) is 35.4 Å². The average Bonchev–Trinajstić information content (AvgIpc) is 2.86. The Bertz CT molecular complexity index is 786. The Balaban J connectivity index is 2.13. The molecular formula is C16H18N3OS2+. The van der Waals surface area contributed by atoms with Crippen LogP contribution in [0.4, 0.5) is 0 Å². The molecule has 0 spiro atoms. The highest BCUT2D eigenvalue weighted by Gasteiger charge is 2.34. The molecule has 0 bridgehead atoms. The van der Waals surface area contributed by atoms with Crippen molar-refractivity contribution >= 4 is 29.2 Å². The van der Waals surface area contributed by atoms with Crippen molar-refractivity contribution in [2.24, 2.45) is 0 Å². The number of fused-ring (bicyclic) bond motifs is 1. The van der Waals surface area contributed by atoms with Crippen molar-refractivity contribution in [1.82, 2.24) is 4.40 Å². The highest BCUT2D eigenvalue weighted by molar-refractivity contribution is 8.20. The van der Waals surface area contributed by atoms with Crippen LogP contribution in [0.5, 0.6) is 0 Å². The molecule has 1 fully saturated rings. The quantitative estimate of drug-likeness (QED) is 0.811. The Morgan fingerprint density at radius 3 is 2.73 bits per heavy atom. The van der Waals surface area contributed by atoms with Crippen LogP contribution in [-0.2, 0) is 6.54 Å². The fourth-order valence-electron chi connectivity index (χ4n) is 2.57. The summed E-state index contributed by atoms with van der Waals surface area (Å²) < 4.78 is 3.89. The van der Waals surface area contributed by atoms with Crippen LogP contribution in [0, 0.1) is 11.3 Å². The Morgan fingerprint density at radius 1 is 1.32 bits per heavy atom. The second-order valence-electron chi connectivity index (χ2n) is 5.43. The van der Waals surface area contributed by atoms with Crippen molar-refractivity contribution < 1.29 is 4.57 Å². The molecule has 114 valence electrons. The standard InChI is InChI=1S/C16H18N3OS2/c1-11-12(2)22-16(21-11)13-10-18(8-5-7-17)14-6-3-4-9-19(14)15(13)20/h3-4,6,9-12,16H,5,8H2,1-2H3/q+1. The van der Waals surface area contributed by atoms with E-state index < -0.39 is 0 Å². The lowest BCUT2D eigenvalue weighted by Crippen LogP contribution is -2.41. The first-order chi connectivity index (χ1) is 10.6. The zero-order valence-corrected chi connectivity index (χ0v) is 14.2. The SMILES string of the molecule is CC1SC(c2c[n+](CCC#N)c3ccccn3c2=O)SC1C. The largest absolute Gasteiger partial charge is 0.347 e. The minimum Gasteiger partial charge on any atom is -0.240 e. The predicted molar refractivity (Wildman–Crippen MR) is 90.9 cm³/mol. The number of hydrogen-bond donors (Lipinski definition) is 0. The van der Waals surface area contributed by atoms with Crippen molar-refractivity contribution in [3.8, 4) is 6.07 Å². The van der Waals surface area contributed by atoms with Gasteiger partial charge in [-0.1, -0.05) is 19.9 Å². The fraction of sp³-hybridized carbons (Fsp3) is 0.438. The molecule has 2 aromatic heterocycles. The maximum absolute atomic E-state index is 12.8. The summed E-state index contributed by atoms with van der Waals surface area (Å²) in [7, 11) is 0. The van der Waals surface area contributed by atoms with E-state index in [0.717, 1.165) is 11.2 Å². The minimum absolute atomic E-state index is 0.0510. The molecule has 0 aliphatic carbocycles. The third-order valence-electron chi connectivity index (χ3n) is 3.95. The van der Waals surface area contributed by atoms with Gasteiger partial charge in [0.1, 0.15) is 18.3 Å². The van der Waals surface area contributed by atoms with E-state index in [-0.39, 0.29) is 10.1 Å². The molecule has 3 rings (SSSR count). The Kier molecular flexibility index (Phi) is 4.46. The maximum Gasteiger partial charge on any atom is 0.347 e. The first-order valence-corrected chi connectivity index (χ1v) is 9.22. The summed E-state index contributed by atoms with van der Waals surface area (Å²) in [6.45, 7) is 5.03. The Labute approximate surface area is 138 Å². The van der Waals surface area contributed by atoms with Gasteiger partial charge in [0.05, 0.1) is 23.3 Å². The zero-order valence-electron chi connectivity index (χ0n) is 12.6. The number of thioether (sulfide) groups is 2. The van der Waals surface area contributed by atoms with Crippen LogP contribution in [0.1, 0.15) is 30.4 Å². The van der Waals surface area contributed by atoms with Crippen LogP contribution >= 0.6 is 23.5 Å². The minimum atomic E-state index is 0.0510. The molecule has 0 saturated carbocycles. The number of pyridine rings is 1. The summed E-state index contributed by atoms with van der Waals surface area (Å²) >= 11 is 3.71. The van der Waals surface area contributed by atoms with Crippen LogP contribution in [0.2, 0.25) is 0 Å². The molecule has 0 aromatic carbocycles. The summed E-state index contributed by atoms with van der Waals surface area (Å²) in [5.74, 6) is 0. The lowest BCUT2D eigenvalue weighted by atomic mass is 10.3. The fourth-order valence-corrected chi connectivity index (χ4v) is 6.10. The topological polar surface area (TPSA) is 49.1 Å². The number of nitriles is 1. The highest BCUT2D eigenvalue weighted by Crippen LogP contribution is 2.52. The number of hydrogen-bond acceptors (Lipinski definition) is 4. The van der Waals surface area contributed by atoms with Gasteiger partial charge in [-0.15, -0.1) is 23.5 Å². The van der Waals surface area contributed by atoms with Gasteiger partial charge >= 0.3 is 5.56 Å². The number of aryl methyl sites for hydroxylation is 1. The van der Waals surface area contributed by atoms with Crippen molar-refractivity contribution in [3.63, 3.8) is 0 Å². The van der Waals surface area contributed by atoms with Crippen LogP contribution < -0.4 is 10.1 Å². The molecule has 3 heterocycles. The van der Waals surface area contributed by atoms with E-state index in [4.69, 9.17) is 5.26 Å². The molecule has 1 aliphatic heterocycles. The number of nitrogens with zero attached hydrogens (tertiary/aromatic N) is 3. The monoisotopic (exact) mass is 332 g/mol. The summed E-state index contributed by atoms with van der Waals surface area (Å²) in [4.78, 5) is 12.8. The molecule has 6 heteroatoms. The van der Waals surface area contributed by atoms with Crippen molar-refractivity contribution in [2.45, 2.75) is 41.9 Å². The summed E-state index contributed by atoms with van der Waals surface area (Å²) in [5.41, 5.74) is 1.71. The lowest BCUT2D eigenvalue weighted by Gasteiger charge is -2.09. The van der Waals surface area contributed by atoms with E-state index in [1.165, 1.54) is 0 Å². The van der Waals surface area contributed by atoms with Gasteiger partial charge in [0.25, 0.3) is 5.65 Å². The predicted octanol–water partition coefficient (Wildman–Crippen LogP) is 2.76. The highest BCUT2D eigenvalue weighted by atomic mass is 32.2. The van der Waals surface area contributed by atoms with Crippen LogP contribution in [-0.4, -0.2) is 14.9 Å². The van der Waals surface area contributed by atoms with Crippen molar-refractivity contribution in [2.75, 3.05) is 0 Å². The normalized spacial score (nSPS) is 24.5. The summed E-state index contributed by atoms with van der Waals surface area (Å²) in [6, 6.07) is 7.88. The molecular weight excluding hydrogens is 314 g/mol. The first-order valence-electron chi connectivity index (χ1n) is 7.33. The van der Waals surface area contributed by atoms with E-state index in [2.05, 4.69) is 19.9 Å². The van der Waals surface area contributed by atoms with E-state index in [9.17, 15) is 4.79 Å². The summed E-state index contributed by atoms with van der Waals surface area (Å²) in [6.07, 6.45) is 4.19. The molecule has 2 atom stereocenters. The van der Waals surface area contributed by atoms with Crippen molar-refractivity contribution in [1.29, 1.82) is 5.26 Å². The maximum atomic E-state index is 12.8. The van der Waals surface area contributed by atoms with E-state index in [1.807, 2.05) is 52.5 Å². The smallest absolute Gasteiger partial charge is 0.240 e. The molecule has 22 heavy (non-hydrogen) atoms. The van der Waals surface area contributed by atoms with Gasteiger partial charge in [-0.2, -0.15) is 9.66 Å². The van der Waals surface area contributed by atoms with E-state index in [1.54, 1.807) is 10.6 Å². The van der Waals surface area contributed by atoms with Gasteiger partial charge in [0.15, 0.2) is 0 Å². The Morgan fingerprint density at radius 2 is 2.05 bits per heavy atom. The third-order valence-corrected chi connectivity index (χ3v) is 7.47. The van der Waals surface area contributed by atoms with Gasteiger partial charge < -0.3 is 0 Å². The molecule has 1 aliphatic rings. The Hall–Kier alpha value is -1.45. The molecule has 1 saturated heterocycles. The molecule has 0 N–H and O–H groups in total. The van der Waals surface area contributed by atoms with E-state index >= 15 is 0 Å². The summed E-state index contributed by atoms with van der Waals surface area (Å²) in [5, 5.41) is 9.94. The van der Waals surface area contributed by atoms with E-state index in [0.29, 0.717) is 23.5 Å². The zero-order chi connectivity index (χ0) is 15.7. The number of rotatable bonds is 3. The molecule has 2 unspecified atom stereocenters. The van der Waals surface area contributed by atoms with Gasteiger partial charge in [0, 0.05) is 16.6 Å². The van der Waals surface area contributed by atoms with Crippen LogP contribution in [0.3, 0.4) is 0 Å². The van der Waals surface area contributed by atoms with Gasteiger partial charge in [0.2, 0.25) is 0 Å².